The van der Waals surface area contributed by atoms with E-state index < -0.39 is 0 Å². The molecule has 1 rings (SSSR count). The number of aliphatic imine (C=N–C) groups is 5. The van der Waals surface area contributed by atoms with E-state index in [1.54, 1.807) is 0 Å². The van der Waals surface area contributed by atoms with Gasteiger partial charge in [0.25, 0.3) is 0 Å². The summed E-state index contributed by atoms with van der Waals surface area (Å²) in [5, 5.41) is 14.6. The maximum Gasteiger partial charge on any atom is 0.0587 e. The lowest BCUT2D eigenvalue weighted by Gasteiger charge is -2.25. The lowest BCUT2D eigenvalue weighted by molar-refractivity contribution is 0.299. The van der Waals surface area contributed by atoms with Crippen LogP contribution >= 0.6 is 73.3 Å². The van der Waals surface area contributed by atoms with Gasteiger partial charge >= 0.3 is 0 Å². The molecule has 0 spiro atoms. The van der Waals surface area contributed by atoms with Crippen LogP contribution in [0.4, 0.5) is 0 Å². The van der Waals surface area contributed by atoms with Gasteiger partial charge in [-0.25, -0.2) is 25.0 Å². The molecule has 0 saturated heterocycles. The van der Waals surface area contributed by atoms with Gasteiger partial charge in [-0.05, 0) is 285 Å². The van der Waals surface area contributed by atoms with Crippen LogP contribution in [0.2, 0.25) is 0 Å². The normalized spacial score (nSPS) is 14.2. The second kappa shape index (κ2) is 62.7. The van der Waals surface area contributed by atoms with Gasteiger partial charge in [0.1, 0.15) is 0 Å². The summed E-state index contributed by atoms with van der Waals surface area (Å²) < 4.78 is 0. The van der Waals surface area contributed by atoms with Crippen LogP contribution in [0.1, 0.15) is 143 Å². The van der Waals surface area contributed by atoms with E-state index in [-0.39, 0.29) is 0 Å². The topological polar surface area (TPSA) is 78.0 Å². The number of thiocarbonyl (C=S) groups is 6. The van der Waals surface area contributed by atoms with Gasteiger partial charge in [0.2, 0.25) is 0 Å². The van der Waals surface area contributed by atoms with E-state index in [0.717, 1.165) is 83.2 Å². The predicted molar refractivity (Wildman–Crippen MR) is 319 cm³/mol. The number of unbranched alkanes of at least 4 members (excludes halogenated alkanes) is 7. The third-order valence-electron chi connectivity index (χ3n) is 10.3. The van der Waals surface area contributed by atoms with Gasteiger partial charge in [0.15, 0.2) is 0 Å². The lowest BCUT2D eigenvalue weighted by atomic mass is 9.80. The average Bonchev–Trinajstić information content (AvgIpc) is 3.27. The van der Waals surface area contributed by atoms with Crippen LogP contribution < -0.4 is 0 Å². The van der Waals surface area contributed by atoms with Crippen LogP contribution in [0, 0.1) is 11.8 Å². The molecular formula is C51H98N10S6. The summed E-state index contributed by atoms with van der Waals surface area (Å²) in [5.74, 6) is 1.69. The molecule has 0 aliphatic heterocycles. The Labute approximate surface area is 446 Å². The summed E-state index contributed by atoms with van der Waals surface area (Å²) >= 11 is 27.1. The van der Waals surface area contributed by atoms with E-state index in [0.29, 0.717) is 12.1 Å². The lowest BCUT2D eigenvalue weighted by Crippen LogP contribution is -2.14. The Morgan fingerprint density at radius 1 is 0.463 bits per heavy atom. The largest absolute Gasteiger partial charge is 0.309 e. The number of hydrogen-bond acceptors (Lipinski definition) is 16. The van der Waals surface area contributed by atoms with Crippen LogP contribution in [0.25, 0.3) is 0 Å². The van der Waals surface area contributed by atoms with Crippen molar-refractivity contribution < 1.29 is 0 Å². The molecule has 2 unspecified atom stereocenters. The quantitative estimate of drug-likeness (QED) is 0.0378. The van der Waals surface area contributed by atoms with E-state index in [4.69, 9.17) is 12.2 Å². The summed E-state index contributed by atoms with van der Waals surface area (Å²) in [6.45, 7) is 14.7. The van der Waals surface area contributed by atoms with Gasteiger partial charge in [-0.3, -0.25) is 0 Å². The van der Waals surface area contributed by atoms with Crippen molar-refractivity contribution in [3.05, 3.63) is 6.08 Å². The zero-order chi connectivity index (χ0) is 51.8. The summed E-state index contributed by atoms with van der Waals surface area (Å²) in [6, 6.07) is 0.680. The first-order valence-corrected chi connectivity index (χ1v) is 27.2. The third kappa shape index (κ3) is 79.1. The molecule has 0 aromatic heterocycles. The predicted octanol–water partition coefficient (Wildman–Crippen LogP) is 12.8. The van der Waals surface area contributed by atoms with Gasteiger partial charge in [-0.15, -0.1) is 0 Å². The molecule has 388 valence electrons. The maximum atomic E-state index is 4.70. The second-order valence-corrected chi connectivity index (χ2v) is 19.5. The molecule has 1 fully saturated rings. The van der Waals surface area contributed by atoms with E-state index in [1.807, 2.05) is 0 Å². The Hall–Kier alpha value is -1.33. The van der Waals surface area contributed by atoms with Crippen molar-refractivity contribution in [3.8, 4) is 0 Å². The van der Waals surface area contributed by atoms with E-state index in [2.05, 4.69) is 239 Å². The molecule has 0 aromatic carbocycles. The highest BCUT2D eigenvalue weighted by molar-refractivity contribution is 7.79. The minimum atomic E-state index is 0.340. The monoisotopic (exact) mass is 1040 g/mol. The molecule has 10 nitrogen and oxygen atoms in total. The van der Waals surface area contributed by atoms with E-state index in [9.17, 15) is 0 Å². The summed E-state index contributed by atoms with van der Waals surface area (Å²) in [6.07, 6.45) is 25.8. The minimum Gasteiger partial charge on any atom is -0.309 e. The summed E-state index contributed by atoms with van der Waals surface area (Å²) in [7, 11) is 20.9. The molecule has 4 atom stereocenters. The zero-order valence-electron chi connectivity index (χ0n) is 44.9. The molecule has 0 bridgehead atoms. The van der Waals surface area contributed by atoms with E-state index >= 15 is 0 Å². The highest BCUT2D eigenvalue weighted by Crippen LogP contribution is 2.31. The molecule has 0 heterocycles. The Balaban J connectivity index is -0.000000230. The van der Waals surface area contributed by atoms with Crippen molar-refractivity contribution in [2.24, 2.45) is 36.8 Å². The number of allylic oxidation sites excluding steroid dienone is 1. The molecule has 16 heteroatoms. The van der Waals surface area contributed by atoms with Gasteiger partial charge < -0.3 is 24.5 Å². The van der Waals surface area contributed by atoms with Gasteiger partial charge in [-0.2, -0.15) is 0 Å². The standard InChI is InChI=1S/C10H20N2S.C10H16S.3C8H16N2S.C7H14N2S/c1-12(2)9-7-5-3-4-6-8-11-10-13;1-2-9-4-3-5-10(8-9)6-7-11;2*1-8(9-7-11)5-4-6-10(2)3;1-10(2)7-5-3-4-6-9-8-11;1-9(2)6-4-3-5-8-7-10/h3-9H2,1-2H3;6,9-10H,2-5,8H2,1H3;2*8H,4-6H2,1-3H3;3-7H2,1-2H3;3-6H2,1-2H3/t;;2*8-;;/m..10../s1. The van der Waals surface area contributed by atoms with Crippen molar-refractivity contribution >= 4 is 104 Å². The first-order valence-electron chi connectivity index (χ1n) is 24.7. The fourth-order valence-electron chi connectivity index (χ4n) is 6.37. The highest BCUT2D eigenvalue weighted by atomic mass is 32.1. The molecule has 67 heavy (non-hydrogen) atoms. The number of isothiocyanates is 5. The van der Waals surface area contributed by atoms with Crippen molar-refractivity contribution in [1.29, 1.82) is 0 Å². The van der Waals surface area contributed by atoms with Crippen LogP contribution in [0.15, 0.2) is 31.0 Å². The van der Waals surface area contributed by atoms with Crippen molar-refractivity contribution in [3.63, 3.8) is 0 Å². The van der Waals surface area contributed by atoms with Crippen molar-refractivity contribution in [2.45, 2.75) is 155 Å². The Morgan fingerprint density at radius 2 is 0.791 bits per heavy atom. The van der Waals surface area contributed by atoms with Gasteiger partial charge in [-0.1, -0.05) is 56.9 Å². The van der Waals surface area contributed by atoms with Crippen LogP contribution in [0.5, 0.6) is 0 Å². The molecule has 0 radical (unpaired) electrons. The fourth-order valence-corrected chi connectivity index (χ4v) is 7.19. The number of hydrogen-bond donors (Lipinski definition) is 0. The summed E-state index contributed by atoms with van der Waals surface area (Å²) in [5.41, 5.74) is 0. The van der Waals surface area contributed by atoms with Crippen LogP contribution in [-0.4, -0.2) is 190 Å². The first kappa shape index (κ1) is 74.6. The van der Waals surface area contributed by atoms with Gasteiger partial charge in [0, 0.05) is 19.6 Å². The van der Waals surface area contributed by atoms with Crippen LogP contribution in [-0.2, 0) is 0 Å². The Morgan fingerprint density at radius 3 is 1.13 bits per heavy atom. The summed E-state index contributed by atoms with van der Waals surface area (Å²) in [4.78, 5) is 30.4. The molecule has 0 amide bonds. The van der Waals surface area contributed by atoms with Gasteiger partial charge in [0.05, 0.1) is 37.9 Å². The van der Waals surface area contributed by atoms with E-state index in [1.165, 1.54) is 103 Å². The molecular weight excluding hydrogens is 945 g/mol. The maximum absolute atomic E-state index is 4.70. The van der Waals surface area contributed by atoms with Crippen molar-refractivity contribution in [2.75, 3.05) is 123 Å². The third-order valence-corrected chi connectivity index (χ3v) is 11.0. The van der Waals surface area contributed by atoms with Crippen molar-refractivity contribution in [1.82, 2.24) is 24.5 Å². The second-order valence-electron chi connectivity index (χ2n) is 18.4. The molecule has 1 aliphatic carbocycles. The molecule has 0 N–H and O–H groups in total. The van der Waals surface area contributed by atoms with Crippen LogP contribution in [0.3, 0.4) is 0 Å². The number of rotatable bonds is 31. The zero-order valence-corrected chi connectivity index (χ0v) is 49.8. The highest BCUT2D eigenvalue weighted by Gasteiger charge is 2.18. The number of nitrogens with zero attached hydrogens (tertiary/aromatic N) is 10. The average molecular weight is 1040 g/mol. The molecule has 1 saturated carbocycles. The molecule has 1 aliphatic rings. The Kier molecular flexibility index (Phi) is 69.8. The first-order chi connectivity index (χ1) is 32.0. The minimum absolute atomic E-state index is 0.340. The Bertz CT molecular complexity index is 1330. The molecule has 0 aromatic rings. The smallest absolute Gasteiger partial charge is 0.0587 e. The fraction of sp³-hybridized carbons (Fsp3) is 0.863. The SMILES string of the molecule is CCC1CCCC(C=C=S)C1.CN(C)CCCCCCCN=C=S.CN(C)CCCCCN=C=S.CN(C)CCCCN=C=S.C[C@@H](CCCN(C)C)N=C=S.C[C@H](CCCN(C)C)N=C=S.